The predicted octanol–water partition coefficient (Wildman–Crippen LogP) is 23.2. The smallest absolute Gasteiger partial charge is 0.537 e. The quantitative estimate of drug-likeness (QED) is 0.123. The van der Waals surface area contributed by atoms with Crippen LogP contribution in [0.4, 0.5) is 0 Å². The zero-order valence-electron chi connectivity index (χ0n) is 61.5. The van der Waals surface area contributed by atoms with Crippen molar-refractivity contribution in [3.63, 3.8) is 0 Å². The van der Waals surface area contributed by atoms with Crippen LogP contribution in [-0.4, -0.2) is 51.7 Å². The van der Waals surface area contributed by atoms with E-state index in [2.05, 4.69) is 193 Å². The van der Waals surface area contributed by atoms with Gasteiger partial charge in [0.05, 0.1) is 45.3 Å². The molecule has 0 atom stereocenters. The molecule has 0 bridgehead atoms. The van der Waals surface area contributed by atoms with Gasteiger partial charge >= 0.3 is 7.69 Å². The minimum absolute atomic E-state index is 0.118. The van der Waals surface area contributed by atoms with Gasteiger partial charge in [-0.3, -0.25) is 0 Å². The second kappa shape index (κ2) is 28.7. The molecule has 4 aromatic heterocycles. The Morgan fingerprint density at radius 2 is 0.661 bits per heavy atom. The minimum Gasteiger partial charge on any atom is -0.537 e. The van der Waals surface area contributed by atoms with E-state index < -0.39 is 0 Å². The molecule has 0 unspecified atom stereocenters. The molecule has 1 N–H and O–H groups in total. The Morgan fingerprint density at radius 3 is 1.07 bits per heavy atom. The van der Waals surface area contributed by atoms with E-state index in [-0.39, 0.29) is 10.8 Å². The van der Waals surface area contributed by atoms with E-state index in [0.29, 0.717) is 64.5 Å². The molecule has 1 radical (unpaired) electrons. The van der Waals surface area contributed by atoms with Crippen LogP contribution in [0.1, 0.15) is 61.1 Å². The van der Waals surface area contributed by atoms with Crippen LogP contribution in [0.5, 0.6) is 5.75 Å². The zero-order chi connectivity index (χ0) is 76.2. The molecule has 4 heterocycles. The van der Waals surface area contributed by atoms with Gasteiger partial charge in [-0.15, -0.1) is 0 Å². The second-order valence-corrected chi connectivity index (χ2v) is 29.4. The molecule has 0 amide bonds. The van der Waals surface area contributed by atoms with Gasteiger partial charge in [0.25, 0.3) is 0 Å². The molecular formula is C98H67BClN10O2. The van der Waals surface area contributed by atoms with Gasteiger partial charge in [0.2, 0.25) is 0 Å². The van der Waals surface area contributed by atoms with Crippen molar-refractivity contribution >= 4 is 62.9 Å². The highest BCUT2D eigenvalue weighted by atomic mass is 35.5. The highest BCUT2D eigenvalue weighted by Gasteiger charge is 2.38. The molecule has 14 aromatic carbocycles. The number of rotatable bonds is 11. The number of hydrogen-bond acceptors (Lipinski definition) is 10. The van der Waals surface area contributed by atoms with Crippen molar-refractivity contribution in [2.24, 2.45) is 0 Å². The topological polar surface area (TPSA) is 164 Å². The minimum atomic E-state index is -0.149. The van der Waals surface area contributed by atoms with E-state index in [0.717, 1.165) is 77.9 Å². The zero-order valence-corrected chi connectivity index (χ0v) is 62.2. The lowest BCUT2D eigenvalue weighted by Crippen LogP contribution is -2.15. The molecule has 14 heteroatoms. The Labute approximate surface area is 653 Å². The maximum absolute atomic E-state index is 9.59. The van der Waals surface area contributed by atoms with Crippen LogP contribution in [0.2, 0.25) is 5.02 Å². The first-order valence-electron chi connectivity index (χ1n) is 37.0. The van der Waals surface area contributed by atoms with Crippen LogP contribution < -0.4 is 4.65 Å². The Balaban J connectivity index is 0.000000139. The Kier molecular flexibility index (Phi) is 17.8. The van der Waals surface area contributed by atoms with Gasteiger partial charge in [0, 0.05) is 82.2 Å². The lowest BCUT2D eigenvalue weighted by Gasteiger charge is -2.22. The van der Waals surface area contributed by atoms with E-state index in [1.165, 1.54) is 66.1 Å². The standard InChI is InChI=1S/C49H33N5.C42H29ClN4.C7H5BNO2/c1-49(2)42-19-11-9-17-38(42)40-28-41-39-18-10-12-20-44(39)54(45(41)29-43(40)49)37-26-35(32-23-21-31(30-50)22-24-32)25-36(27-37)48-52-46(33-13-5-3-6-14-33)51-47(53-48)34-15-7-4-8-16-34;1-42(2)35-19-11-9-17-31(35)33-24-34-32-18-10-12-20-37(32)47(38(34)25-36(33)42)30-22-28(21-29(43)23-30)41-45-39(26-13-5-3-6-14-26)44-40(46-41)27-15-7-4-8-16-27;9-5-6-1-3-7(4-2-6)11-8-10/h3-29H,1-2H3;3-25H,1-2H3;1-4,10H. The van der Waals surface area contributed by atoms with Gasteiger partial charge in [-0.1, -0.05) is 258 Å². The largest absolute Gasteiger partial charge is 0.569 e. The third-order valence-corrected chi connectivity index (χ3v) is 21.7. The van der Waals surface area contributed by atoms with Gasteiger partial charge in [-0.25, -0.2) is 29.9 Å². The molecule has 12 nitrogen and oxygen atoms in total. The molecule has 0 saturated heterocycles. The number of fused-ring (bicyclic) bond motifs is 12. The van der Waals surface area contributed by atoms with Gasteiger partial charge in [-0.05, 0) is 165 Å². The van der Waals surface area contributed by atoms with Crippen LogP contribution in [0.3, 0.4) is 0 Å². The van der Waals surface area contributed by atoms with E-state index in [9.17, 15) is 5.26 Å². The first-order valence-corrected chi connectivity index (χ1v) is 37.4. The fraction of sp³-hybridized carbons (Fsp3) is 0.0612. The summed E-state index contributed by atoms with van der Waals surface area (Å²) in [6.07, 6.45) is 0. The monoisotopic (exact) mass is 1460 g/mol. The van der Waals surface area contributed by atoms with Gasteiger partial charge in [0.15, 0.2) is 34.9 Å². The van der Waals surface area contributed by atoms with Crippen molar-refractivity contribution in [3.05, 3.63) is 366 Å². The third-order valence-electron chi connectivity index (χ3n) is 21.5. The number of halogens is 1. The summed E-state index contributed by atoms with van der Waals surface area (Å²) in [5, 5.41) is 31.7. The number of nitrogens with zero attached hydrogens (tertiary/aromatic N) is 10. The van der Waals surface area contributed by atoms with Crippen molar-refractivity contribution in [1.29, 1.82) is 10.5 Å². The third kappa shape index (κ3) is 12.7. The van der Waals surface area contributed by atoms with Crippen LogP contribution in [-0.2, 0) is 10.8 Å². The van der Waals surface area contributed by atoms with E-state index >= 15 is 0 Å². The average molecular weight is 1460 g/mol. The summed E-state index contributed by atoms with van der Waals surface area (Å²) < 4.78 is 9.34. The molecule has 531 valence electrons. The molecule has 0 saturated carbocycles. The Morgan fingerprint density at radius 1 is 0.312 bits per heavy atom. The summed E-state index contributed by atoms with van der Waals surface area (Å²) in [4.78, 5) is 30.1. The molecule has 2 aliphatic carbocycles. The van der Waals surface area contributed by atoms with Crippen LogP contribution in [0.25, 0.3) is 157 Å². The maximum Gasteiger partial charge on any atom is 0.569 e. The van der Waals surface area contributed by atoms with Gasteiger partial charge in [0.1, 0.15) is 5.75 Å². The maximum atomic E-state index is 9.59. The lowest BCUT2D eigenvalue weighted by atomic mass is 9.82. The van der Waals surface area contributed by atoms with Crippen molar-refractivity contribution in [3.8, 4) is 131 Å². The molecular weight excluding hydrogens is 1400 g/mol. The van der Waals surface area contributed by atoms with Crippen LogP contribution in [0.15, 0.2) is 328 Å². The summed E-state index contributed by atoms with van der Waals surface area (Å²) in [6.45, 7) is 9.30. The van der Waals surface area contributed by atoms with Crippen LogP contribution >= 0.6 is 11.6 Å². The molecule has 2 aliphatic rings. The first kappa shape index (κ1) is 69.5. The van der Waals surface area contributed by atoms with Gasteiger partial charge in [-0.2, -0.15) is 10.5 Å². The van der Waals surface area contributed by atoms with Crippen molar-refractivity contribution in [1.82, 2.24) is 39.0 Å². The van der Waals surface area contributed by atoms with Crippen molar-refractivity contribution < 1.29 is 9.68 Å². The lowest BCUT2D eigenvalue weighted by molar-refractivity contribution is 0.454. The van der Waals surface area contributed by atoms with E-state index in [1.54, 1.807) is 24.3 Å². The molecule has 0 aliphatic heterocycles. The number of aromatic nitrogens is 8. The number of nitriles is 2. The first-order chi connectivity index (χ1) is 54.8. The molecule has 112 heavy (non-hydrogen) atoms. The molecule has 0 fully saturated rings. The fourth-order valence-corrected chi connectivity index (χ4v) is 16.3. The average Bonchev–Trinajstić information content (AvgIpc) is 1.55. The normalized spacial score (nSPS) is 12.5. The summed E-state index contributed by atoms with van der Waals surface area (Å²) >= 11 is 6.95. The van der Waals surface area contributed by atoms with Gasteiger partial charge < -0.3 is 18.8 Å². The Hall–Kier alpha value is -14.2. The highest BCUT2D eigenvalue weighted by Crippen LogP contribution is 2.53. The molecule has 18 aromatic rings. The Bertz CT molecular complexity index is 6680. The summed E-state index contributed by atoms with van der Waals surface area (Å²) in [5.41, 5.74) is 25.3. The molecule has 20 rings (SSSR count). The number of benzene rings is 14. The summed E-state index contributed by atoms with van der Waals surface area (Å²) in [5.74, 6) is 4.11. The SMILES string of the molecule is CC1(C)c2ccccc2-c2cc3c4ccccc4n(-c4cc(-c5ccc(C#N)cc5)cc(-c5nc(-c6ccccc6)nc(-c6ccccc6)n5)c4)c3cc21.CC1(C)c2ccccc2-c2cc3c4ccccc4n(-c4cc(Cl)cc(-c5nc(-c6ccccc6)nc(-c6ccccc6)n5)c4)c3cc21.N#Cc1ccc(O[B]O)cc1. The summed E-state index contributed by atoms with van der Waals surface area (Å²) in [7, 11) is 0.599. The molecule has 0 spiro atoms. The highest BCUT2D eigenvalue weighted by molar-refractivity contribution is 6.31. The van der Waals surface area contributed by atoms with E-state index in [4.69, 9.17) is 51.8 Å². The van der Waals surface area contributed by atoms with Crippen molar-refractivity contribution in [2.75, 3.05) is 0 Å². The second-order valence-electron chi connectivity index (χ2n) is 29.0. The summed E-state index contributed by atoms with van der Waals surface area (Å²) in [6, 6.07) is 116. The number of para-hydroxylation sites is 2. The fourth-order valence-electron chi connectivity index (χ4n) is 16.0. The van der Waals surface area contributed by atoms with Crippen molar-refractivity contribution in [2.45, 2.75) is 38.5 Å². The van der Waals surface area contributed by atoms with Crippen LogP contribution in [0, 0.1) is 22.7 Å². The van der Waals surface area contributed by atoms with E-state index in [1.807, 2.05) is 164 Å². The predicted molar refractivity (Wildman–Crippen MR) is 451 cm³/mol. The number of hydrogen-bond donors (Lipinski definition) is 1.